The molecule has 2 N–H and O–H groups in total. The Morgan fingerprint density at radius 1 is 1.42 bits per heavy atom. The van der Waals surface area contributed by atoms with E-state index in [0.29, 0.717) is 22.9 Å². The van der Waals surface area contributed by atoms with Crippen LogP contribution in [-0.4, -0.2) is 30.1 Å². The second-order valence-electron chi connectivity index (χ2n) is 3.73. The van der Waals surface area contributed by atoms with Gasteiger partial charge in [0, 0.05) is 0 Å². The van der Waals surface area contributed by atoms with E-state index in [9.17, 15) is 14.7 Å². The number of hydrogen-bond donors (Lipinski definition) is 2. The Morgan fingerprint density at radius 3 is 2.68 bits per heavy atom. The summed E-state index contributed by atoms with van der Waals surface area (Å²) in [7, 11) is 0. The Morgan fingerprint density at radius 2 is 2.11 bits per heavy atom. The molecule has 0 fully saturated rings. The lowest BCUT2D eigenvalue weighted by Crippen LogP contribution is -2.49. The van der Waals surface area contributed by atoms with Crippen molar-refractivity contribution in [1.29, 1.82) is 0 Å². The Balaban J connectivity index is 2.58. The standard InChI is InChI=1S/C12H15ClN2O3S/c1-19-7-6-10(11(16)17)15-12(18)14-9-5-3-2-4-8(9)13/h2-5,10H,6-7H2,1H3,(H,16,17)(H2,14,15,18)/p-1/t10-/m0/s1. The van der Waals surface area contributed by atoms with E-state index in [-0.39, 0.29) is 0 Å². The lowest BCUT2D eigenvalue weighted by Gasteiger charge is -2.19. The van der Waals surface area contributed by atoms with Gasteiger partial charge in [0.15, 0.2) is 0 Å². The smallest absolute Gasteiger partial charge is 0.319 e. The summed E-state index contributed by atoms with van der Waals surface area (Å²) < 4.78 is 0. The molecule has 2 amide bonds. The molecule has 1 aromatic rings. The number of nitrogens with one attached hydrogen (secondary N) is 2. The van der Waals surface area contributed by atoms with Gasteiger partial charge in [-0.05, 0) is 30.6 Å². The minimum Gasteiger partial charge on any atom is -0.548 e. The Kier molecular flexibility index (Phi) is 6.52. The normalized spacial score (nSPS) is 11.7. The molecule has 0 aromatic heterocycles. The van der Waals surface area contributed by atoms with Crippen molar-refractivity contribution in [2.24, 2.45) is 0 Å². The van der Waals surface area contributed by atoms with Gasteiger partial charge in [0.1, 0.15) is 0 Å². The highest BCUT2D eigenvalue weighted by Gasteiger charge is 2.13. The molecule has 1 atom stereocenters. The summed E-state index contributed by atoms with van der Waals surface area (Å²) in [6.07, 6.45) is 2.16. The van der Waals surface area contributed by atoms with Crippen molar-refractivity contribution in [1.82, 2.24) is 5.32 Å². The number of hydrogen-bond acceptors (Lipinski definition) is 4. The van der Waals surface area contributed by atoms with Gasteiger partial charge >= 0.3 is 6.03 Å². The van der Waals surface area contributed by atoms with Crippen LogP contribution in [0.2, 0.25) is 5.02 Å². The van der Waals surface area contributed by atoms with Crippen molar-refractivity contribution in [3.63, 3.8) is 0 Å². The largest absolute Gasteiger partial charge is 0.548 e. The van der Waals surface area contributed by atoms with Gasteiger partial charge < -0.3 is 20.5 Å². The van der Waals surface area contributed by atoms with Gasteiger partial charge in [0.25, 0.3) is 0 Å². The number of carboxylic acid groups (broad SMARTS) is 1. The highest BCUT2D eigenvalue weighted by molar-refractivity contribution is 7.98. The zero-order valence-electron chi connectivity index (χ0n) is 10.3. The van der Waals surface area contributed by atoms with Crippen molar-refractivity contribution in [2.45, 2.75) is 12.5 Å². The predicted molar refractivity (Wildman–Crippen MR) is 75.4 cm³/mol. The number of para-hydroxylation sites is 1. The first-order valence-electron chi connectivity index (χ1n) is 5.56. The summed E-state index contributed by atoms with van der Waals surface area (Å²) in [6, 6.07) is 5.05. The monoisotopic (exact) mass is 301 g/mol. The predicted octanol–water partition coefficient (Wildman–Crippen LogP) is 1.33. The maximum absolute atomic E-state index is 11.7. The number of amides is 2. The van der Waals surface area contributed by atoms with Crippen LogP contribution in [0.1, 0.15) is 6.42 Å². The van der Waals surface area contributed by atoms with Gasteiger partial charge in [0.05, 0.1) is 22.7 Å². The topological polar surface area (TPSA) is 81.3 Å². The molecule has 0 aliphatic heterocycles. The van der Waals surface area contributed by atoms with E-state index in [4.69, 9.17) is 11.6 Å². The van der Waals surface area contributed by atoms with Crippen LogP contribution in [0.15, 0.2) is 24.3 Å². The molecule has 0 spiro atoms. The zero-order chi connectivity index (χ0) is 14.3. The first kappa shape index (κ1) is 15.7. The van der Waals surface area contributed by atoms with Gasteiger partial charge in [-0.25, -0.2) is 4.79 Å². The third kappa shape index (κ3) is 5.40. The molecule has 0 aliphatic rings. The quantitative estimate of drug-likeness (QED) is 0.830. The van der Waals surface area contributed by atoms with Crippen molar-refractivity contribution < 1.29 is 14.7 Å². The minimum atomic E-state index is -1.30. The summed E-state index contributed by atoms with van der Waals surface area (Å²) in [5.74, 6) is -0.686. The molecule has 0 heterocycles. The number of aliphatic carboxylic acids is 1. The second kappa shape index (κ2) is 7.91. The van der Waals surface area contributed by atoms with Crippen LogP contribution >= 0.6 is 23.4 Å². The van der Waals surface area contributed by atoms with Crippen LogP contribution in [0.4, 0.5) is 10.5 Å². The van der Waals surface area contributed by atoms with Crippen LogP contribution in [-0.2, 0) is 4.79 Å². The van der Waals surface area contributed by atoms with E-state index >= 15 is 0 Å². The molecule has 5 nitrogen and oxygen atoms in total. The molecule has 1 rings (SSSR count). The summed E-state index contributed by atoms with van der Waals surface area (Å²) >= 11 is 7.37. The van der Waals surface area contributed by atoms with Gasteiger partial charge in [0.2, 0.25) is 0 Å². The Labute approximate surface area is 120 Å². The molecule has 0 radical (unpaired) electrons. The fourth-order valence-electron chi connectivity index (χ4n) is 1.36. The van der Waals surface area contributed by atoms with Crippen molar-refractivity contribution in [3.8, 4) is 0 Å². The van der Waals surface area contributed by atoms with Crippen LogP contribution in [0, 0.1) is 0 Å². The average molecular weight is 302 g/mol. The first-order chi connectivity index (χ1) is 9.04. The maximum Gasteiger partial charge on any atom is 0.319 e. The van der Waals surface area contributed by atoms with Gasteiger partial charge in [-0.2, -0.15) is 11.8 Å². The van der Waals surface area contributed by atoms with Crippen LogP contribution in [0.25, 0.3) is 0 Å². The van der Waals surface area contributed by atoms with Crippen molar-refractivity contribution in [2.75, 3.05) is 17.3 Å². The molecular weight excluding hydrogens is 288 g/mol. The molecule has 7 heteroatoms. The van der Waals surface area contributed by atoms with Crippen LogP contribution < -0.4 is 15.7 Å². The van der Waals surface area contributed by atoms with Crippen LogP contribution in [0.3, 0.4) is 0 Å². The molecule has 0 bridgehead atoms. The number of carbonyl (C=O) groups excluding carboxylic acids is 2. The number of carboxylic acids is 1. The highest BCUT2D eigenvalue weighted by atomic mass is 35.5. The van der Waals surface area contributed by atoms with E-state index < -0.39 is 18.0 Å². The number of benzene rings is 1. The summed E-state index contributed by atoms with van der Waals surface area (Å²) in [6.45, 7) is 0. The SMILES string of the molecule is CSCC[C@H](NC(=O)Nc1ccccc1Cl)C(=O)[O-]. The second-order valence-corrected chi connectivity index (χ2v) is 5.12. The number of rotatable bonds is 6. The van der Waals surface area contributed by atoms with Gasteiger partial charge in [-0.3, -0.25) is 0 Å². The number of carbonyl (C=O) groups is 2. The zero-order valence-corrected chi connectivity index (χ0v) is 11.9. The third-order valence-electron chi connectivity index (χ3n) is 2.32. The minimum absolute atomic E-state index is 0.305. The van der Waals surface area contributed by atoms with E-state index in [0.717, 1.165) is 0 Å². The van der Waals surface area contributed by atoms with Crippen LogP contribution in [0.5, 0.6) is 0 Å². The highest BCUT2D eigenvalue weighted by Crippen LogP contribution is 2.20. The molecular formula is C12H14ClN2O3S-. The summed E-state index contributed by atoms with van der Waals surface area (Å²) in [4.78, 5) is 22.5. The summed E-state index contributed by atoms with van der Waals surface area (Å²) in [5.41, 5.74) is 0.420. The lowest BCUT2D eigenvalue weighted by atomic mass is 10.2. The number of thioether (sulfide) groups is 1. The fourth-order valence-corrected chi connectivity index (χ4v) is 2.02. The van der Waals surface area contributed by atoms with E-state index in [1.54, 1.807) is 24.3 Å². The number of halogens is 1. The number of urea groups is 1. The molecule has 0 aliphatic carbocycles. The van der Waals surface area contributed by atoms with Gasteiger partial charge in [-0.1, -0.05) is 23.7 Å². The number of anilines is 1. The molecule has 0 saturated heterocycles. The summed E-state index contributed by atoms with van der Waals surface area (Å²) in [5, 5.41) is 16.1. The molecule has 19 heavy (non-hydrogen) atoms. The first-order valence-corrected chi connectivity index (χ1v) is 7.33. The Hall–Kier alpha value is -1.40. The Bertz CT molecular complexity index is 456. The molecule has 0 unspecified atom stereocenters. The molecule has 104 valence electrons. The fraction of sp³-hybridized carbons (Fsp3) is 0.333. The molecule has 1 aromatic carbocycles. The van der Waals surface area contributed by atoms with E-state index in [1.807, 2.05) is 6.26 Å². The third-order valence-corrected chi connectivity index (χ3v) is 3.30. The van der Waals surface area contributed by atoms with Crippen molar-refractivity contribution in [3.05, 3.63) is 29.3 Å². The molecule has 0 saturated carbocycles. The van der Waals surface area contributed by atoms with E-state index in [2.05, 4.69) is 10.6 Å². The van der Waals surface area contributed by atoms with Crippen molar-refractivity contribution >= 4 is 41.1 Å². The van der Waals surface area contributed by atoms with E-state index in [1.165, 1.54) is 11.8 Å². The van der Waals surface area contributed by atoms with Gasteiger partial charge in [-0.15, -0.1) is 0 Å². The lowest BCUT2D eigenvalue weighted by molar-refractivity contribution is -0.308. The average Bonchev–Trinajstić information content (AvgIpc) is 2.37. The maximum atomic E-state index is 11.7.